The molecule has 0 spiro atoms. The summed E-state index contributed by atoms with van der Waals surface area (Å²) in [5, 5.41) is 0. The molecule has 0 bridgehead atoms. The number of ether oxygens (including phenoxy) is 1. The van der Waals surface area contributed by atoms with Crippen LogP contribution >= 0.6 is 0 Å². The predicted octanol–water partition coefficient (Wildman–Crippen LogP) is 1.87. The van der Waals surface area contributed by atoms with Gasteiger partial charge in [0.15, 0.2) is 0 Å². The average Bonchev–Trinajstić information content (AvgIpc) is 3.19. The fourth-order valence-corrected chi connectivity index (χ4v) is 3.87. The van der Waals surface area contributed by atoms with E-state index in [0.29, 0.717) is 6.54 Å². The van der Waals surface area contributed by atoms with Gasteiger partial charge in [-0.3, -0.25) is 9.80 Å². The molecule has 0 radical (unpaired) electrons. The van der Waals surface area contributed by atoms with E-state index in [1.165, 1.54) is 37.9 Å². The second-order valence-electron chi connectivity index (χ2n) is 6.17. The van der Waals surface area contributed by atoms with Crippen molar-refractivity contribution in [1.29, 1.82) is 0 Å². The molecule has 4 nitrogen and oxygen atoms in total. The molecule has 4 heteroatoms. The van der Waals surface area contributed by atoms with Gasteiger partial charge in [0.25, 0.3) is 0 Å². The van der Waals surface area contributed by atoms with Gasteiger partial charge in [0.05, 0.1) is 13.2 Å². The fraction of sp³-hybridized carbons (Fsp3) is 0.647. The zero-order valence-electron chi connectivity index (χ0n) is 13.0. The molecule has 116 valence electrons. The molecule has 2 aliphatic rings. The normalized spacial score (nSPS) is 25.3. The summed E-state index contributed by atoms with van der Waals surface area (Å²) in [6.07, 6.45) is 4.00. The number of para-hydroxylation sites is 1. The van der Waals surface area contributed by atoms with Crippen molar-refractivity contribution in [2.45, 2.75) is 31.3 Å². The Bertz CT molecular complexity index is 459. The molecule has 0 amide bonds. The van der Waals surface area contributed by atoms with E-state index < -0.39 is 0 Å². The van der Waals surface area contributed by atoms with Gasteiger partial charge in [-0.25, -0.2) is 0 Å². The van der Waals surface area contributed by atoms with E-state index in [4.69, 9.17) is 10.5 Å². The SMILES string of the molecule is COc1ccccc1C(CN)N1CCC(N2CCCC2)C1. The van der Waals surface area contributed by atoms with Crippen molar-refractivity contribution in [2.24, 2.45) is 5.73 Å². The van der Waals surface area contributed by atoms with Crippen molar-refractivity contribution >= 4 is 0 Å². The third-order valence-electron chi connectivity index (χ3n) is 5.01. The van der Waals surface area contributed by atoms with E-state index in [9.17, 15) is 0 Å². The number of methoxy groups -OCH3 is 1. The first-order valence-electron chi connectivity index (χ1n) is 8.14. The molecular formula is C17H27N3O. The van der Waals surface area contributed by atoms with Crippen LogP contribution < -0.4 is 10.5 Å². The molecule has 2 heterocycles. The van der Waals surface area contributed by atoms with Crippen LogP contribution in [0, 0.1) is 0 Å². The lowest BCUT2D eigenvalue weighted by molar-refractivity contribution is 0.200. The highest BCUT2D eigenvalue weighted by molar-refractivity contribution is 5.36. The van der Waals surface area contributed by atoms with Gasteiger partial charge in [0.2, 0.25) is 0 Å². The summed E-state index contributed by atoms with van der Waals surface area (Å²) in [5.41, 5.74) is 7.32. The topological polar surface area (TPSA) is 41.7 Å². The lowest BCUT2D eigenvalue weighted by Crippen LogP contribution is -2.38. The van der Waals surface area contributed by atoms with Crippen molar-refractivity contribution in [3.05, 3.63) is 29.8 Å². The molecule has 2 atom stereocenters. The van der Waals surface area contributed by atoms with Gasteiger partial charge in [-0.1, -0.05) is 18.2 Å². The molecule has 0 aromatic heterocycles. The molecule has 3 rings (SSSR count). The van der Waals surface area contributed by atoms with Crippen LogP contribution in [0.2, 0.25) is 0 Å². The Kier molecular flexibility index (Phi) is 4.78. The van der Waals surface area contributed by atoms with Crippen LogP contribution in [0.4, 0.5) is 0 Å². The smallest absolute Gasteiger partial charge is 0.123 e. The number of nitrogens with two attached hydrogens (primary N) is 1. The number of benzene rings is 1. The molecule has 21 heavy (non-hydrogen) atoms. The highest BCUT2D eigenvalue weighted by Crippen LogP contribution is 2.32. The number of hydrogen-bond donors (Lipinski definition) is 1. The Balaban J connectivity index is 1.72. The fourth-order valence-electron chi connectivity index (χ4n) is 3.87. The van der Waals surface area contributed by atoms with Crippen LogP contribution in [0.3, 0.4) is 0 Å². The zero-order chi connectivity index (χ0) is 14.7. The lowest BCUT2D eigenvalue weighted by atomic mass is 10.0. The Morgan fingerprint density at radius 2 is 2.00 bits per heavy atom. The molecule has 2 aliphatic heterocycles. The van der Waals surface area contributed by atoms with Gasteiger partial charge >= 0.3 is 0 Å². The summed E-state index contributed by atoms with van der Waals surface area (Å²) in [6.45, 7) is 5.48. The van der Waals surface area contributed by atoms with Crippen molar-refractivity contribution in [3.8, 4) is 5.75 Å². The van der Waals surface area contributed by atoms with Crippen LogP contribution in [0.25, 0.3) is 0 Å². The Labute approximate surface area is 127 Å². The third kappa shape index (κ3) is 3.07. The minimum absolute atomic E-state index is 0.272. The standard InChI is InChI=1S/C17H27N3O/c1-21-17-7-3-2-6-15(17)16(12-18)20-11-8-14(13-20)19-9-4-5-10-19/h2-3,6-7,14,16H,4-5,8-13,18H2,1H3. The summed E-state index contributed by atoms with van der Waals surface area (Å²) in [6, 6.07) is 9.28. The highest BCUT2D eigenvalue weighted by Gasteiger charge is 2.33. The lowest BCUT2D eigenvalue weighted by Gasteiger charge is -2.29. The first kappa shape index (κ1) is 14.8. The third-order valence-corrected chi connectivity index (χ3v) is 5.01. The Morgan fingerprint density at radius 3 is 2.71 bits per heavy atom. The van der Waals surface area contributed by atoms with Crippen molar-refractivity contribution in [1.82, 2.24) is 9.80 Å². The Hall–Kier alpha value is -1.10. The largest absolute Gasteiger partial charge is 0.496 e. The van der Waals surface area contributed by atoms with Crippen LogP contribution in [-0.4, -0.2) is 55.7 Å². The maximum atomic E-state index is 6.10. The number of hydrogen-bond acceptors (Lipinski definition) is 4. The van der Waals surface area contributed by atoms with Gasteiger partial charge in [-0.05, 0) is 38.4 Å². The van der Waals surface area contributed by atoms with E-state index in [2.05, 4.69) is 21.9 Å². The van der Waals surface area contributed by atoms with Crippen LogP contribution in [0.5, 0.6) is 5.75 Å². The molecule has 0 saturated carbocycles. The molecular weight excluding hydrogens is 262 g/mol. The zero-order valence-corrected chi connectivity index (χ0v) is 13.0. The van der Waals surface area contributed by atoms with Crippen molar-refractivity contribution < 1.29 is 4.74 Å². The summed E-state index contributed by atoms with van der Waals surface area (Å²) < 4.78 is 5.52. The van der Waals surface area contributed by atoms with Gasteiger partial charge in [-0.2, -0.15) is 0 Å². The first-order chi connectivity index (χ1) is 10.3. The molecule has 1 aromatic carbocycles. The number of likely N-dealkylation sites (tertiary alicyclic amines) is 2. The maximum Gasteiger partial charge on any atom is 0.123 e. The van der Waals surface area contributed by atoms with Gasteiger partial charge in [-0.15, -0.1) is 0 Å². The number of nitrogens with zero attached hydrogens (tertiary/aromatic N) is 2. The minimum Gasteiger partial charge on any atom is -0.496 e. The molecule has 0 aliphatic carbocycles. The predicted molar refractivity (Wildman–Crippen MR) is 85.6 cm³/mol. The van der Waals surface area contributed by atoms with E-state index in [0.717, 1.165) is 24.9 Å². The average molecular weight is 289 g/mol. The second kappa shape index (κ2) is 6.77. The van der Waals surface area contributed by atoms with Crippen molar-refractivity contribution in [3.63, 3.8) is 0 Å². The highest BCUT2D eigenvalue weighted by atomic mass is 16.5. The van der Waals surface area contributed by atoms with Gasteiger partial charge in [0.1, 0.15) is 5.75 Å². The second-order valence-corrected chi connectivity index (χ2v) is 6.17. The van der Waals surface area contributed by atoms with Crippen LogP contribution in [-0.2, 0) is 0 Å². The molecule has 1 aromatic rings. The minimum atomic E-state index is 0.272. The summed E-state index contributed by atoms with van der Waals surface area (Å²) in [4.78, 5) is 5.21. The maximum absolute atomic E-state index is 6.10. The monoisotopic (exact) mass is 289 g/mol. The molecule has 2 unspecified atom stereocenters. The van der Waals surface area contributed by atoms with Gasteiger partial charge < -0.3 is 10.5 Å². The molecule has 2 N–H and O–H groups in total. The number of rotatable bonds is 5. The first-order valence-corrected chi connectivity index (χ1v) is 8.14. The summed E-state index contributed by atoms with van der Waals surface area (Å²) in [5.74, 6) is 0.956. The van der Waals surface area contributed by atoms with E-state index in [-0.39, 0.29) is 6.04 Å². The summed E-state index contributed by atoms with van der Waals surface area (Å²) in [7, 11) is 1.74. The Morgan fingerprint density at radius 1 is 1.24 bits per heavy atom. The van der Waals surface area contributed by atoms with Crippen LogP contribution in [0.1, 0.15) is 30.9 Å². The molecule has 2 fully saturated rings. The quantitative estimate of drug-likeness (QED) is 0.898. The van der Waals surface area contributed by atoms with Crippen molar-refractivity contribution in [2.75, 3.05) is 39.8 Å². The van der Waals surface area contributed by atoms with E-state index in [1.807, 2.05) is 12.1 Å². The van der Waals surface area contributed by atoms with Crippen LogP contribution in [0.15, 0.2) is 24.3 Å². The summed E-state index contributed by atoms with van der Waals surface area (Å²) >= 11 is 0. The molecule has 2 saturated heterocycles. The van der Waals surface area contributed by atoms with E-state index >= 15 is 0 Å². The van der Waals surface area contributed by atoms with Gasteiger partial charge in [0, 0.05) is 31.2 Å². The van der Waals surface area contributed by atoms with E-state index in [1.54, 1.807) is 7.11 Å².